The molecule has 1 unspecified atom stereocenters. The summed E-state index contributed by atoms with van der Waals surface area (Å²) in [5, 5.41) is 7.48. The molecule has 2 rings (SSSR count). The van der Waals surface area contributed by atoms with Crippen molar-refractivity contribution < 1.29 is 9.53 Å². The molecule has 0 aliphatic heterocycles. The molecule has 1 aromatic carbocycles. The summed E-state index contributed by atoms with van der Waals surface area (Å²) in [6, 6.07) is 4.76. The molecule has 1 heterocycles. The minimum atomic E-state index is -0.560. The van der Waals surface area contributed by atoms with Crippen LogP contribution in [0.15, 0.2) is 23.0 Å². The number of hydrogen-bond acceptors (Lipinski definition) is 4. The van der Waals surface area contributed by atoms with Gasteiger partial charge < -0.3 is 14.9 Å². The minimum absolute atomic E-state index is 0.238. The number of carbonyl (C=O) groups excluding carboxylic acids is 1. The van der Waals surface area contributed by atoms with Crippen molar-refractivity contribution in [2.75, 3.05) is 7.11 Å². The Labute approximate surface area is 122 Å². The number of aromatic nitrogens is 2. The SMILES string of the molecule is COc1ccc2c(c1)n(C)c(=O)n2C(C=O)CCC(C)=N. The predicted molar refractivity (Wildman–Crippen MR) is 81.5 cm³/mol. The van der Waals surface area contributed by atoms with Crippen molar-refractivity contribution in [2.24, 2.45) is 7.05 Å². The van der Waals surface area contributed by atoms with Crippen molar-refractivity contribution in [1.82, 2.24) is 9.13 Å². The normalized spacial score (nSPS) is 12.3. The standard InChI is InChI=1S/C15H19N3O3/c1-10(16)4-5-11(9-19)18-13-7-6-12(21-3)8-14(13)17(2)15(18)20/h6-9,11,16H,4-5H2,1-3H3. The molecular formula is C15H19N3O3. The lowest BCUT2D eigenvalue weighted by Crippen LogP contribution is -2.27. The van der Waals surface area contributed by atoms with Crippen molar-refractivity contribution in [1.29, 1.82) is 5.41 Å². The van der Waals surface area contributed by atoms with E-state index in [1.807, 2.05) is 0 Å². The summed E-state index contributed by atoms with van der Waals surface area (Å²) in [6.45, 7) is 1.69. The molecule has 0 aliphatic carbocycles. The smallest absolute Gasteiger partial charge is 0.329 e. The number of methoxy groups -OCH3 is 1. The number of rotatable bonds is 6. The first-order valence-electron chi connectivity index (χ1n) is 6.74. The first kappa shape index (κ1) is 15.0. The zero-order valence-electron chi connectivity index (χ0n) is 12.4. The van der Waals surface area contributed by atoms with Gasteiger partial charge >= 0.3 is 5.69 Å². The molecule has 1 N–H and O–H groups in total. The maximum atomic E-state index is 12.4. The summed E-state index contributed by atoms with van der Waals surface area (Å²) in [5.74, 6) is 0.660. The Morgan fingerprint density at radius 1 is 1.43 bits per heavy atom. The lowest BCUT2D eigenvalue weighted by molar-refractivity contribution is -0.110. The van der Waals surface area contributed by atoms with Gasteiger partial charge in [0.05, 0.1) is 24.2 Å². The Kier molecular flexibility index (Phi) is 4.26. The van der Waals surface area contributed by atoms with Gasteiger partial charge in [-0.05, 0) is 31.9 Å². The van der Waals surface area contributed by atoms with Gasteiger partial charge in [0.25, 0.3) is 0 Å². The Bertz CT molecular complexity index is 742. The third kappa shape index (κ3) is 2.74. The van der Waals surface area contributed by atoms with Crippen LogP contribution in [0.5, 0.6) is 5.75 Å². The maximum absolute atomic E-state index is 12.4. The van der Waals surface area contributed by atoms with Gasteiger partial charge in [-0.15, -0.1) is 0 Å². The highest BCUT2D eigenvalue weighted by Crippen LogP contribution is 2.23. The van der Waals surface area contributed by atoms with Crippen LogP contribution in [-0.2, 0) is 11.8 Å². The van der Waals surface area contributed by atoms with Crippen LogP contribution in [-0.4, -0.2) is 28.2 Å². The van der Waals surface area contributed by atoms with Gasteiger partial charge in [0.1, 0.15) is 12.0 Å². The molecule has 0 radical (unpaired) electrons. The third-order valence-corrected chi connectivity index (χ3v) is 3.60. The van der Waals surface area contributed by atoms with Crippen LogP contribution in [0.25, 0.3) is 11.0 Å². The zero-order chi connectivity index (χ0) is 15.6. The van der Waals surface area contributed by atoms with Crippen molar-refractivity contribution in [3.05, 3.63) is 28.7 Å². The van der Waals surface area contributed by atoms with Crippen molar-refractivity contribution in [3.8, 4) is 5.75 Å². The van der Waals surface area contributed by atoms with Gasteiger partial charge in [-0.2, -0.15) is 0 Å². The summed E-state index contributed by atoms with van der Waals surface area (Å²) < 4.78 is 8.17. The number of imidazole rings is 1. The molecule has 1 atom stereocenters. The third-order valence-electron chi connectivity index (χ3n) is 3.60. The van der Waals surface area contributed by atoms with Crippen molar-refractivity contribution >= 4 is 23.0 Å². The average molecular weight is 289 g/mol. The number of benzene rings is 1. The monoisotopic (exact) mass is 289 g/mol. The molecule has 21 heavy (non-hydrogen) atoms. The van der Waals surface area contributed by atoms with E-state index in [1.165, 1.54) is 9.13 Å². The Balaban J connectivity index is 2.57. The molecule has 6 nitrogen and oxygen atoms in total. The fourth-order valence-electron chi connectivity index (χ4n) is 2.41. The van der Waals surface area contributed by atoms with Crippen LogP contribution < -0.4 is 10.4 Å². The van der Waals surface area contributed by atoms with E-state index in [2.05, 4.69) is 0 Å². The molecule has 0 spiro atoms. The number of nitrogens with one attached hydrogen (secondary N) is 1. The van der Waals surface area contributed by atoms with E-state index in [0.717, 1.165) is 11.8 Å². The fraction of sp³-hybridized carbons (Fsp3) is 0.400. The van der Waals surface area contributed by atoms with Gasteiger partial charge in [0.15, 0.2) is 0 Å². The number of aryl methyl sites for hydroxylation is 1. The van der Waals surface area contributed by atoms with Crippen LogP contribution in [0.1, 0.15) is 25.8 Å². The average Bonchev–Trinajstić information content (AvgIpc) is 2.72. The summed E-state index contributed by atoms with van der Waals surface area (Å²) in [5.41, 5.74) is 1.68. The van der Waals surface area contributed by atoms with Crippen LogP contribution in [0, 0.1) is 5.41 Å². The number of fused-ring (bicyclic) bond motifs is 1. The fourth-order valence-corrected chi connectivity index (χ4v) is 2.41. The highest BCUT2D eigenvalue weighted by Gasteiger charge is 2.19. The highest BCUT2D eigenvalue weighted by atomic mass is 16.5. The van der Waals surface area contributed by atoms with E-state index in [1.54, 1.807) is 39.3 Å². The predicted octanol–water partition coefficient (Wildman–Crippen LogP) is 1.91. The number of ether oxygens (including phenoxy) is 1. The molecule has 0 saturated heterocycles. The number of carbonyl (C=O) groups is 1. The molecule has 1 aromatic heterocycles. The van der Waals surface area contributed by atoms with Gasteiger partial charge in [-0.3, -0.25) is 9.13 Å². The maximum Gasteiger partial charge on any atom is 0.329 e. The van der Waals surface area contributed by atoms with Crippen LogP contribution >= 0.6 is 0 Å². The van der Waals surface area contributed by atoms with Crippen LogP contribution in [0.3, 0.4) is 0 Å². The molecule has 112 valence electrons. The van der Waals surface area contributed by atoms with E-state index in [-0.39, 0.29) is 5.69 Å². The minimum Gasteiger partial charge on any atom is -0.497 e. The van der Waals surface area contributed by atoms with E-state index in [0.29, 0.717) is 29.8 Å². The van der Waals surface area contributed by atoms with Gasteiger partial charge in [0.2, 0.25) is 0 Å². The molecule has 2 aromatic rings. The number of nitrogens with zero attached hydrogens (tertiary/aromatic N) is 2. The second-order valence-corrected chi connectivity index (χ2v) is 5.09. The number of aldehydes is 1. The van der Waals surface area contributed by atoms with E-state index >= 15 is 0 Å². The van der Waals surface area contributed by atoms with Crippen LogP contribution in [0.4, 0.5) is 0 Å². The van der Waals surface area contributed by atoms with Crippen molar-refractivity contribution in [3.63, 3.8) is 0 Å². The molecule has 6 heteroatoms. The molecule has 0 bridgehead atoms. The first-order valence-corrected chi connectivity index (χ1v) is 6.74. The van der Waals surface area contributed by atoms with Gasteiger partial charge in [-0.1, -0.05) is 0 Å². The van der Waals surface area contributed by atoms with Crippen molar-refractivity contribution in [2.45, 2.75) is 25.8 Å². The number of hydrogen-bond donors (Lipinski definition) is 1. The second kappa shape index (κ2) is 5.95. The largest absolute Gasteiger partial charge is 0.497 e. The molecule has 0 amide bonds. The second-order valence-electron chi connectivity index (χ2n) is 5.09. The summed E-state index contributed by atoms with van der Waals surface area (Å²) >= 11 is 0. The van der Waals surface area contributed by atoms with Crippen LogP contribution in [0.2, 0.25) is 0 Å². The summed E-state index contributed by atoms with van der Waals surface area (Å²) in [6.07, 6.45) is 1.71. The quantitative estimate of drug-likeness (QED) is 0.652. The summed E-state index contributed by atoms with van der Waals surface area (Å²) in [7, 11) is 3.24. The molecule has 0 fully saturated rings. The van der Waals surface area contributed by atoms with Gasteiger partial charge in [0, 0.05) is 18.8 Å². The van der Waals surface area contributed by atoms with E-state index in [4.69, 9.17) is 10.1 Å². The lowest BCUT2D eigenvalue weighted by atomic mass is 10.1. The van der Waals surface area contributed by atoms with E-state index in [9.17, 15) is 9.59 Å². The molecule has 0 saturated carbocycles. The Hall–Kier alpha value is -2.37. The lowest BCUT2D eigenvalue weighted by Gasteiger charge is -2.12. The van der Waals surface area contributed by atoms with Gasteiger partial charge in [-0.25, -0.2) is 4.79 Å². The summed E-state index contributed by atoms with van der Waals surface area (Å²) in [4.78, 5) is 23.8. The topological polar surface area (TPSA) is 77.1 Å². The zero-order valence-corrected chi connectivity index (χ0v) is 12.4. The first-order chi connectivity index (χ1) is 9.99. The van der Waals surface area contributed by atoms with E-state index < -0.39 is 6.04 Å². The molecule has 0 aliphatic rings. The molecular weight excluding hydrogens is 270 g/mol. The Morgan fingerprint density at radius 2 is 2.14 bits per heavy atom. The Morgan fingerprint density at radius 3 is 2.71 bits per heavy atom. The highest BCUT2D eigenvalue weighted by molar-refractivity contribution is 5.80.